The van der Waals surface area contributed by atoms with Crippen molar-refractivity contribution < 1.29 is 9.59 Å². The Morgan fingerprint density at radius 3 is 2.48 bits per heavy atom. The lowest BCUT2D eigenvalue weighted by atomic mass is 10.1. The van der Waals surface area contributed by atoms with Gasteiger partial charge >= 0.3 is 0 Å². The van der Waals surface area contributed by atoms with Crippen LogP contribution in [-0.4, -0.2) is 32.4 Å². The standard InChI is InChI=1S/C20H20N6O2S/c1-13(27)15-9-5-6-10-16(15)23-18(28)12-29-11-17-24-19(21)26-20(25-17)22-14-7-3-2-4-8-14/h2-10H,11-12H2,1H3,(H,23,28)(H3,21,22,24,25,26). The van der Waals surface area contributed by atoms with Gasteiger partial charge in [0.25, 0.3) is 0 Å². The van der Waals surface area contributed by atoms with Crippen LogP contribution < -0.4 is 16.4 Å². The van der Waals surface area contributed by atoms with Crippen LogP contribution in [0.4, 0.5) is 23.3 Å². The average molecular weight is 408 g/mol. The molecule has 3 rings (SSSR count). The van der Waals surface area contributed by atoms with Gasteiger partial charge < -0.3 is 16.4 Å². The maximum Gasteiger partial charge on any atom is 0.234 e. The molecule has 0 aliphatic rings. The molecule has 0 radical (unpaired) electrons. The second-order valence-corrected chi connectivity index (χ2v) is 7.05. The highest BCUT2D eigenvalue weighted by atomic mass is 32.2. The highest BCUT2D eigenvalue weighted by molar-refractivity contribution is 7.99. The Labute approximate surface area is 172 Å². The highest BCUT2D eigenvalue weighted by Gasteiger charge is 2.11. The van der Waals surface area contributed by atoms with Crippen LogP contribution in [0.25, 0.3) is 0 Å². The average Bonchev–Trinajstić information content (AvgIpc) is 2.68. The van der Waals surface area contributed by atoms with Crippen molar-refractivity contribution in [3.05, 3.63) is 66.0 Å². The molecule has 0 aliphatic heterocycles. The van der Waals surface area contributed by atoms with Gasteiger partial charge in [-0.15, -0.1) is 11.8 Å². The van der Waals surface area contributed by atoms with Crippen LogP contribution in [0.2, 0.25) is 0 Å². The van der Waals surface area contributed by atoms with E-state index in [-0.39, 0.29) is 23.4 Å². The smallest absolute Gasteiger partial charge is 0.234 e. The van der Waals surface area contributed by atoms with Crippen LogP contribution in [0.5, 0.6) is 0 Å². The summed E-state index contributed by atoms with van der Waals surface area (Å²) in [6, 6.07) is 16.4. The molecule has 3 aromatic rings. The van der Waals surface area contributed by atoms with E-state index in [9.17, 15) is 9.59 Å². The van der Waals surface area contributed by atoms with Crippen LogP contribution in [0.1, 0.15) is 23.1 Å². The van der Waals surface area contributed by atoms with Crippen LogP contribution in [0.3, 0.4) is 0 Å². The second kappa shape index (κ2) is 9.65. The fourth-order valence-corrected chi connectivity index (χ4v) is 3.20. The maximum atomic E-state index is 12.2. The van der Waals surface area contributed by atoms with Gasteiger partial charge in [-0.1, -0.05) is 30.3 Å². The highest BCUT2D eigenvalue weighted by Crippen LogP contribution is 2.18. The lowest BCUT2D eigenvalue weighted by Gasteiger charge is -2.09. The summed E-state index contributed by atoms with van der Waals surface area (Å²) in [5, 5.41) is 5.83. The fourth-order valence-electron chi connectivity index (χ4n) is 2.53. The predicted molar refractivity (Wildman–Crippen MR) is 115 cm³/mol. The SMILES string of the molecule is CC(=O)c1ccccc1NC(=O)CSCc1nc(N)nc(Nc2ccccc2)n1. The zero-order valence-electron chi connectivity index (χ0n) is 15.8. The van der Waals surface area contributed by atoms with Gasteiger partial charge in [-0.2, -0.15) is 15.0 Å². The Balaban J connectivity index is 1.56. The van der Waals surface area contributed by atoms with E-state index in [1.54, 1.807) is 24.3 Å². The van der Waals surface area contributed by atoms with Crippen molar-refractivity contribution in [1.82, 2.24) is 15.0 Å². The minimum absolute atomic E-state index is 0.104. The zero-order chi connectivity index (χ0) is 20.6. The van der Waals surface area contributed by atoms with Gasteiger partial charge in [0.15, 0.2) is 5.78 Å². The molecular weight excluding hydrogens is 388 g/mol. The minimum atomic E-state index is -0.214. The third-order valence-electron chi connectivity index (χ3n) is 3.77. The number of para-hydroxylation sites is 2. The minimum Gasteiger partial charge on any atom is -0.368 e. The van der Waals surface area contributed by atoms with Crippen LogP contribution >= 0.6 is 11.8 Å². The number of anilines is 4. The van der Waals surface area contributed by atoms with Crippen molar-refractivity contribution in [2.24, 2.45) is 0 Å². The summed E-state index contributed by atoms with van der Waals surface area (Å²) in [5.74, 6) is 1.17. The van der Waals surface area contributed by atoms with Crippen molar-refractivity contribution in [3.63, 3.8) is 0 Å². The quantitative estimate of drug-likeness (QED) is 0.485. The number of rotatable bonds is 8. The number of nitrogens with two attached hydrogens (primary N) is 1. The van der Waals surface area contributed by atoms with Gasteiger partial charge in [0.1, 0.15) is 5.82 Å². The molecule has 148 valence electrons. The number of Topliss-reactive ketones (excluding diaryl/α,β-unsaturated/α-hetero) is 1. The number of carbonyl (C=O) groups excluding carboxylic acids is 2. The summed E-state index contributed by atoms with van der Waals surface area (Å²) < 4.78 is 0. The molecule has 0 aliphatic carbocycles. The molecule has 0 saturated heterocycles. The lowest BCUT2D eigenvalue weighted by Crippen LogP contribution is -2.16. The Kier molecular flexibility index (Phi) is 6.75. The maximum absolute atomic E-state index is 12.2. The molecule has 0 unspecified atom stereocenters. The summed E-state index contributed by atoms with van der Waals surface area (Å²) in [6.07, 6.45) is 0. The third kappa shape index (κ3) is 6.01. The molecule has 2 aromatic carbocycles. The van der Waals surface area contributed by atoms with E-state index < -0.39 is 0 Å². The summed E-state index contributed by atoms with van der Waals surface area (Å²) in [6.45, 7) is 1.46. The first-order valence-electron chi connectivity index (χ1n) is 8.81. The second-order valence-electron chi connectivity index (χ2n) is 6.07. The lowest BCUT2D eigenvalue weighted by molar-refractivity contribution is -0.113. The molecule has 1 aromatic heterocycles. The molecule has 0 fully saturated rings. The summed E-state index contributed by atoms with van der Waals surface area (Å²) in [7, 11) is 0. The first-order valence-corrected chi connectivity index (χ1v) is 9.97. The van der Waals surface area contributed by atoms with Crippen LogP contribution in [-0.2, 0) is 10.5 Å². The number of hydrogen-bond acceptors (Lipinski definition) is 8. The number of aromatic nitrogens is 3. The molecule has 9 heteroatoms. The van der Waals surface area contributed by atoms with Crippen molar-refractivity contribution >= 4 is 46.7 Å². The Hall–Kier alpha value is -3.46. The Morgan fingerprint density at radius 1 is 1.00 bits per heavy atom. The number of nitrogens with zero attached hydrogens (tertiary/aromatic N) is 3. The van der Waals surface area contributed by atoms with E-state index in [1.165, 1.54) is 18.7 Å². The van der Waals surface area contributed by atoms with Gasteiger partial charge in [-0.25, -0.2) is 0 Å². The van der Waals surface area contributed by atoms with Gasteiger partial charge in [0.05, 0.1) is 17.2 Å². The number of hydrogen-bond donors (Lipinski definition) is 3. The number of amides is 1. The molecule has 8 nitrogen and oxygen atoms in total. The topological polar surface area (TPSA) is 123 Å². The molecule has 29 heavy (non-hydrogen) atoms. The van der Waals surface area contributed by atoms with Gasteiger partial charge in [-0.05, 0) is 31.2 Å². The van der Waals surface area contributed by atoms with Gasteiger partial charge in [0.2, 0.25) is 17.8 Å². The first-order chi connectivity index (χ1) is 14.0. The van der Waals surface area contributed by atoms with E-state index in [1.807, 2.05) is 30.3 Å². The van der Waals surface area contributed by atoms with E-state index in [2.05, 4.69) is 25.6 Å². The van der Waals surface area contributed by atoms with E-state index in [0.717, 1.165) is 5.69 Å². The van der Waals surface area contributed by atoms with Crippen molar-refractivity contribution in [1.29, 1.82) is 0 Å². The van der Waals surface area contributed by atoms with Gasteiger partial charge in [-0.3, -0.25) is 9.59 Å². The third-order valence-corrected chi connectivity index (χ3v) is 4.70. The summed E-state index contributed by atoms with van der Waals surface area (Å²) in [4.78, 5) is 36.4. The summed E-state index contributed by atoms with van der Waals surface area (Å²) >= 11 is 1.34. The number of benzene rings is 2. The largest absolute Gasteiger partial charge is 0.368 e. The van der Waals surface area contributed by atoms with Crippen molar-refractivity contribution in [3.8, 4) is 0 Å². The zero-order valence-corrected chi connectivity index (χ0v) is 16.6. The number of thioether (sulfide) groups is 1. The number of nitrogen functional groups attached to an aromatic ring is 1. The van der Waals surface area contributed by atoms with E-state index >= 15 is 0 Å². The summed E-state index contributed by atoms with van der Waals surface area (Å²) in [5.41, 5.74) is 7.59. The molecule has 1 amide bonds. The van der Waals surface area contributed by atoms with Gasteiger partial charge in [0, 0.05) is 11.3 Å². The molecule has 4 N–H and O–H groups in total. The first kappa shape index (κ1) is 20.3. The molecule has 0 atom stereocenters. The molecular formula is C20H20N6O2S. The van der Waals surface area contributed by atoms with Crippen molar-refractivity contribution in [2.45, 2.75) is 12.7 Å². The van der Waals surface area contributed by atoms with Crippen LogP contribution in [0, 0.1) is 0 Å². The predicted octanol–water partition coefficient (Wildman–Crippen LogP) is 3.27. The fraction of sp³-hybridized carbons (Fsp3) is 0.150. The number of nitrogens with one attached hydrogen (secondary N) is 2. The van der Waals surface area contributed by atoms with Crippen molar-refractivity contribution in [2.75, 3.05) is 22.1 Å². The normalized spacial score (nSPS) is 10.4. The van der Waals surface area contributed by atoms with E-state index in [4.69, 9.17) is 5.73 Å². The monoisotopic (exact) mass is 408 g/mol. The number of ketones is 1. The van der Waals surface area contributed by atoms with E-state index in [0.29, 0.717) is 28.8 Å². The Bertz CT molecular complexity index is 1010. The molecule has 0 bridgehead atoms. The Morgan fingerprint density at radius 2 is 1.72 bits per heavy atom. The molecule has 1 heterocycles. The molecule has 0 saturated carbocycles. The molecule has 0 spiro atoms. The van der Waals surface area contributed by atoms with Crippen LogP contribution in [0.15, 0.2) is 54.6 Å². The number of carbonyl (C=O) groups is 2.